The fraction of sp³-hybridized carbons (Fsp3) is 0.538. The van der Waals surface area contributed by atoms with Crippen molar-refractivity contribution in [3.05, 3.63) is 34.9 Å². The van der Waals surface area contributed by atoms with E-state index in [2.05, 4.69) is 32.0 Å². The van der Waals surface area contributed by atoms with Gasteiger partial charge in [0.05, 0.1) is 12.1 Å². The van der Waals surface area contributed by atoms with Gasteiger partial charge in [0.25, 0.3) is 0 Å². The van der Waals surface area contributed by atoms with E-state index in [9.17, 15) is 5.11 Å². The highest BCUT2D eigenvalue weighted by Gasteiger charge is 2.23. The van der Waals surface area contributed by atoms with Crippen molar-refractivity contribution in [3.63, 3.8) is 0 Å². The Morgan fingerprint density at radius 1 is 1.31 bits per heavy atom. The van der Waals surface area contributed by atoms with Crippen molar-refractivity contribution in [3.8, 4) is 0 Å². The van der Waals surface area contributed by atoms with Crippen LogP contribution in [-0.2, 0) is 0 Å². The lowest BCUT2D eigenvalue weighted by molar-refractivity contribution is 0.0820. The van der Waals surface area contributed by atoms with Gasteiger partial charge in [-0.2, -0.15) is 0 Å². The molecule has 1 aromatic rings. The Bertz CT molecular complexity index is 350. The number of aliphatic hydroxyl groups excluding tert-OH is 1. The van der Waals surface area contributed by atoms with E-state index in [1.165, 1.54) is 11.1 Å². The van der Waals surface area contributed by atoms with E-state index in [0.717, 1.165) is 5.56 Å². The maximum atomic E-state index is 9.97. The molecule has 0 fully saturated rings. The number of aliphatic hydroxyl groups is 1. The minimum absolute atomic E-state index is 0.0365. The number of rotatable bonds is 4. The summed E-state index contributed by atoms with van der Waals surface area (Å²) in [6, 6.07) is 6.25. The van der Waals surface area contributed by atoms with Gasteiger partial charge in [0.15, 0.2) is 0 Å². The molecule has 0 bridgehead atoms. The van der Waals surface area contributed by atoms with E-state index in [1.54, 1.807) is 0 Å². The number of likely N-dealkylation sites (N-methyl/N-ethyl adjacent to an activating group) is 1. The van der Waals surface area contributed by atoms with Crippen molar-refractivity contribution in [2.24, 2.45) is 5.73 Å². The molecule has 0 saturated carbocycles. The monoisotopic (exact) mass is 222 g/mol. The standard InChI is InChI=1S/C13H22N2O/c1-9-5-6-11(10(2)7-9)13(15(3)4)12(16)8-14/h5-7,12-13,16H,8,14H2,1-4H3. The molecule has 2 atom stereocenters. The van der Waals surface area contributed by atoms with Gasteiger partial charge in [-0.15, -0.1) is 0 Å². The second-order valence-corrected chi connectivity index (χ2v) is 4.57. The van der Waals surface area contributed by atoms with Gasteiger partial charge in [0.2, 0.25) is 0 Å². The third kappa shape index (κ3) is 2.82. The summed E-state index contributed by atoms with van der Waals surface area (Å²) in [5.41, 5.74) is 9.14. The number of nitrogens with two attached hydrogens (primary N) is 1. The van der Waals surface area contributed by atoms with Gasteiger partial charge in [-0.05, 0) is 39.1 Å². The molecule has 0 amide bonds. The van der Waals surface area contributed by atoms with Crippen LogP contribution in [0.3, 0.4) is 0 Å². The van der Waals surface area contributed by atoms with Gasteiger partial charge >= 0.3 is 0 Å². The van der Waals surface area contributed by atoms with Gasteiger partial charge in [-0.25, -0.2) is 0 Å². The van der Waals surface area contributed by atoms with E-state index < -0.39 is 6.10 Å². The highest BCUT2D eigenvalue weighted by Crippen LogP contribution is 2.25. The molecule has 0 aliphatic carbocycles. The minimum Gasteiger partial charge on any atom is -0.390 e. The van der Waals surface area contributed by atoms with E-state index in [4.69, 9.17) is 5.73 Å². The van der Waals surface area contributed by atoms with Crippen LogP contribution in [0.4, 0.5) is 0 Å². The van der Waals surface area contributed by atoms with Gasteiger partial charge in [0.1, 0.15) is 0 Å². The Balaban J connectivity index is 3.11. The van der Waals surface area contributed by atoms with Crippen molar-refractivity contribution in [1.29, 1.82) is 0 Å². The van der Waals surface area contributed by atoms with Crippen LogP contribution in [0.2, 0.25) is 0 Å². The molecule has 3 N–H and O–H groups in total. The lowest BCUT2D eigenvalue weighted by Crippen LogP contribution is -2.36. The molecular weight excluding hydrogens is 200 g/mol. The van der Waals surface area contributed by atoms with E-state index in [0.29, 0.717) is 0 Å². The average molecular weight is 222 g/mol. The highest BCUT2D eigenvalue weighted by molar-refractivity contribution is 5.33. The third-order valence-corrected chi connectivity index (χ3v) is 2.91. The van der Waals surface area contributed by atoms with Gasteiger partial charge in [-0.1, -0.05) is 23.8 Å². The predicted octanol–water partition coefficient (Wildman–Crippen LogP) is 1.23. The predicted molar refractivity (Wildman–Crippen MR) is 67.4 cm³/mol. The molecule has 0 aromatic heterocycles. The molecule has 2 unspecified atom stereocenters. The van der Waals surface area contributed by atoms with Crippen LogP contribution in [0.25, 0.3) is 0 Å². The fourth-order valence-corrected chi connectivity index (χ4v) is 2.12. The molecule has 0 radical (unpaired) electrons. The highest BCUT2D eigenvalue weighted by atomic mass is 16.3. The first-order chi connectivity index (χ1) is 7.47. The first-order valence-electron chi connectivity index (χ1n) is 5.59. The number of nitrogens with zero attached hydrogens (tertiary/aromatic N) is 1. The van der Waals surface area contributed by atoms with Gasteiger partial charge in [-0.3, -0.25) is 0 Å². The third-order valence-electron chi connectivity index (χ3n) is 2.91. The van der Waals surface area contributed by atoms with Crippen LogP contribution in [0.5, 0.6) is 0 Å². The summed E-state index contributed by atoms with van der Waals surface area (Å²) in [5, 5.41) is 9.97. The molecule has 3 heteroatoms. The number of hydrogen-bond acceptors (Lipinski definition) is 3. The fourth-order valence-electron chi connectivity index (χ4n) is 2.12. The second kappa shape index (κ2) is 5.43. The summed E-state index contributed by atoms with van der Waals surface area (Å²) < 4.78 is 0. The topological polar surface area (TPSA) is 49.5 Å². The van der Waals surface area contributed by atoms with Crippen LogP contribution in [0.1, 0.15) is 22.7 Å². The average Bonchev–Trinajstić information content (AvgIpc) is 2.21. The largest absolute Gasteiger partial charge is 0.390 e. The molecule has 0 spiro atoms. The zero-order valence-electron chi connectivity index (χ0n) is 10.6. The molecule has 16 heavy (non-hydrogen) atoms. The molecule has 0 heterocycles. The number of benzene rings is 1. The summed E-state index contributed by atoms with van der Waals surface area (Å²) in [6.07, 6.45) is -0.531. The Hall–Kier alpha value is -0.900. The van der Waals surface area contributed by atoms with Crippen molar-refractivity contribution < 1.29 is 5.11 Å². The maximum absolute atomic E-state index is 9.97. The molecule has 1 rings (SSSR count). The first-order valence-corrected chi connectivity index (χ1v) is 5.59. The van der Waals surface area contributed by atoms with E-state index >= 15 is 0 Å². The SMILES string of the molecule is Cc1ccc(C(C(O)CN)N(C)C)c(C)c1. The Labute approximate surface area is 97.9 Å². The van der Waals surface area contributed by atoms with Crippen LogP contribution in [0, 0.1) is 13.8 Å². The minimum atomic E-state index is -0.531. The normalized spacial score (nSPS) is 15.2. The molecule has 90 valence electrons. The molecule has 0 aliphatic heterocycles. The smallest absolute Gasteiger partial charge is 0.0858 e. The first kappa shape index (κ1) is 13.2. The van der Waals surface area contributed by atoms with Crippen LogP contribution < -0.4 is 5.73 Å². The quantitative estimate of drug-likeness (QED) is 0.805. The van der Waals surface area contributed by atoms with Crippen LogP contribution in [0.15, 0.2) is 18.2 Å². The molecule has 0 aliphatic rings. The maximum Gasteiger partial charge on any atom is 0.0858 e. The Morgan fingerprint density at radius 2 is 1.94 bits per heavy atom. The summed E-state index contributed by atoms with van der Waals surface area (Å²) in [5.74, 6) is 0. The van der Waals surface area contributed by atoms with Crippen LogP contribution in [-0.4, -0.2) is 36.8 Å². The van der Waals surface area contributed by atoms with Gasteiger partial charge in [0, 0.05) is 6.54 Å². The summed E-state index contributed by atoms with van der Waals surface area (Å²) in [4.78, 5) is 2.01. The van der Waals surface area contributed by atoms with Gasteiger partial charge < -0.3 is 15.7 Å². The summed E-state index contributed by atoms with van der Waals surface area (Å²) in [7, 11) is 3.92. The lowest BCUT2D eigenvalue weighted by atomic mass is 9.94. The number of aryl methyl sites for hydroxylation is 2. The Morgan fingerprint density at radius 3 is 2.38 bits per heavy atom. The molecule has 1 aromatic carbocycles. The summed E-state index contributed by atoms with van der Waals surface area (Å²) in [6.45, 7) is 4.42. The summed E-state index contributed by atoms with van der Waals surface area (Å²) >= 11 is 0. The zero-order valence-corrected chi connectivity index (χ0v) is 10.6. The molecule has 0 saturated heterocycles. The van der Waals surface area contributed by atoms with Crippen LogP contribution >= 0.6 is 0 Å². The number of hydrogen-bond donors (Lipinski definition) is 2. The van der Waals surface area contributed by atoms with Crippen molar-refractivity contribution in [2.45, 2.75) is 26.0 Å². The Kier molecular flexibility index (Phi) is 4.47. The molecular formula is C13H22N2O. The van der Waals surface area contributed by atoms with Crippen molar-refractivity contribution >= 4 is 0 Å². The van der Waals surface area contributed by atoms with E-state index in [1.807, 2.05) is 19.0 Å². The molecule has 3 nitrogen and oxygen atoms in total. The second-order valence-electron chi connectivity index (χ2n) is 4.57. The zero-order chi connectivity index (χ0) is 12.3. The van der Waals surface area contributed by atoms with Crippen molar-refractivity contribution in [2.75, 3.05) is 20.6 Å². The lowest BCUT2D eigenvalue weighted by Gasteiger charge is -2.30. The van der Waals surface area contributed by atoms with Crippen molar-refractivity contribution in [1.82, 2.24) is 4.90 Å². The van der Waals surface area contributed by atoms with E-state index in [-0.39, 0.29) is 12.6 Å².